The second-order valence-corrected chi connectivity index (χ2v) is 13.4. The summed E-state index contributed by atoms with van der Waals surface area (Å²) in [7, 11) is -6.95. The molecule has 1 aromatic heterocycles. The second-order valence-electron chi connectivity index (χ2n) is 10.9. The standard InChI is InChI=1S/C25H22Cl2F9NO5S/c26-16-2-1-3-17(27)18(16)19-15(21(41-37-19)11-4-5-11)10-40-14-8-12-6-7-13(9-14)20(12)42-43(38,39)25(35,36)23(30,31)22(28,29)24(32,33)34/h1-3,11-14,20H,4-10H2/t12-,13+,14?,20?. The normalized spacial score (nSPS) is 25.4. The summed E-state index contributed by atoms with van der Waals surface area (Å²) in [6.45, 7) is -0.0586. The third-order valence-electron chi connectivity index (χ3n) is 8.07. The van der Waals surface area contributed by atoms with Gasteiger partial charge in [-0.25, -0.2) is 0 Å². The Morgan fingerprint density at radius 2 is 1.44 bits per heavy atom. The van der Waals surface area contributed by atoms with E-state index in [1.807, 2.05) is 0 Å². The Labute approximate surface area is 248 Å². The van der Waals surface area contributed by atoms with Crippen LogP contribution in [0.5, 0.6) is 0 Å². The number of hydrogen-bond donors (Lipinski definition) is 0. The van der Waals surface area contributed by atoms with Crippen molar-refractivity contribution < 1.29 is 61.4 Å². The number of benzene rings is 1. The fourth-order valence-electron chi connectivity index (χ4n) is 5.68. The number of halogens is 11. The molecule has 1 aromatic carbocycles. The van der Waals surface area contributed by atoms with Crippen LogP contribution in [-0.4, -0.2) is 49.1 Å². The first-order valence-electron chi connectivity index (χ1n) is 13.0. The minimum atomic E-state index is -7.36. The van der Waals surface area contributed by atoms with Crippen LogP contribution in [0.2, 0.25) is 10.0 Å². The highest BCUT2D eigenvalue weighted by molar-refractivity contribution is 7.87. The molecule has 2 aromatic rings. The maximum atomic E-state index is 14.2. The van der Waals surface area contributed by atoms with Crippen LogP contribution in [0.1, 0.15) is 55.8 Å². The van der Waals surface area contributed by atoms with E-state index in [2.05, 4.69) is 9.34 Å². The monoisotopic (exact) mass is 689 g/mol. The summed E-state index contributed by atoms with van der Waals surface area (Å²) in [6, 6.07) is 4.85. The van der Waals surface area contributed by atoms with Crippen LogP contribution in [-0.2, 0) is 25.6 Å². The molecule has 0 radical (unpaired) electrons. The Balaban J connectivity index is 1.30. The molecule has 2 bridgehead atoms. The number of aromatic nitrogens is 1. The molecule has 3 aliphatic carbocycles. The van der Waals surface area contributed by atoms with Crippen LogP contribution in [0.25, 0.3) is 11.3 Å². The first-order valence-corrected chi connectivity index (χ1v) is 15.1. The molecule has 3 fully saturated rings. The van der Waals surface area contributed by atoms with Crippen molar-refractivity contribution in [2.24, 2.45) is 11.8 Å². The van der Waals surface area contributed by atoms with Gasteiger partial charge < -0.3 is 9.26 Å². The first-order chi connectivity index (χ1) is 19.8. The first kappa shape index (κ1) is 32.6. The van der Waals surface area contributed by atoms with Crippen molar-refractivity contribution in [1.29, 1.82) is 0 Å². The van der Waals surface area contributed by atoms with Gasteiger partial charge in [0.25, 0.3) is 0 Å². The SMILES string of the molecule is O=S(=O)(OC1[C@@H]2CC[C@H]1CC(OCc1c(-c3c(Cl)cccc3Cl)noc1C1CC1)C2)C(F)(F)C(F)(F)C(F)(F)C(F)(F)F. The van der Waals surface area contributed by atoms with Gasteiger partial charge in [0, 0.05) is 17.0 Å². The molecular weight excluding hydrogens is 668 g/mol. The van der Waals surface area contributed by atoms with E-state index in [0.29, 0.717) is 32.6 Å². The van der Waals surface area contributed by atoms with Gasteiger partial charge in [0.15, 0.2) is 0 Å². The predicted molar refractivity (Wildman–Crippen MR) is 133 cm³/mol. The minimum absolute atomic E-state index is 0.00356. The maximum Gasteiger partial charge on any atom is 0.460 e. The Hall–Kier alpha value is -1.75. The van der Waals surface area contributed by atoms with Crippen LogP contribution >= 0.6 is 23.2 Å². The predicted octanol–water partition coefficient (Wildman–Crippen LogP) is 8.37. The lowest BCUT2D eigenvalue weighted by molar-refractivity contribution is -0.383. The van der Waals surface area contributed by atoms with Crippen molar-refractivity contribution in [3.05, 3.63) is 39.6 Å². The molecule has 0 N–H and O–H groups in total. The van der Waals surface area contributed by atoms with Crippen LogP contribution < -0.4 is 0 Å². The lowest BCUT2D eigenvalue weighted by Crippen LogP contribution is -2.63. The van der Waals surface area contributed by atoms with E-state index in [9.17, 15) is 47.9 Å². The quantitative estimate of drug-likeness (QED) is 0.184. The van der Waals surface area contributed by atoms with Gasteiger partial charge in [0.1, 0.15) is 11.5 Å². The van der Waals surface area contributed by atoms with Crippen LogP contribution in [0.3, 0.4) is 0 Å². The van der Waals surface area contributed by atoms with Gasteiger partial charge in [-0.2, -0.15) is 47.9 Å². The van der Waals surface area contributed by atoms with E-state index >= 15 is 0 Å². The van der Waals surface area contributed by atoms with E-state index in [1.54, 1.807) is 18.2 Å². The molecule has 1 heterocycles. The molecule has 0 aliphatic heterocycles. The molecule has 43 heavy (non-hydrogen) atoms. The Morgan fingerprint density at radius 3 is 1.95 bits per heavy atom. The summed E-state index contributed by atoms with van der Waals surface area (Å²) in [6.07, 6.45) is -7.35. The average Bonchev–Trinajstić information content (AvgIpc) is 3.62. The average molecular weight is 690 g/mol. The second kappa shape index (κ2) is 11.0. The lowest BCUT2D eigenvalue weighted by atomic mass is 9.84. The summed E-state index contributed by atoms with van der Waals surface area (Å²) in [5.74, 6) is -15.8. The van der Waals surface area contributed by atoms with E-state index in [0.717, 1.165) is 12.8 Å². The summed E-state index contributed by atoms with van der Waals surface area (Å²) in [4.78, 5) is 0. The maximum absolute atomic E-state index is 14.2. The summed E-state index contributed by atoms with van der Waals surface area (Å²) < 4.78 is 160. The highest BCUT2D eigenvalue weighted by Gasteiger charge is 2.86. The molecule has 3 saturated carbocycles. The summed E-state index contributed by atoms with van der Waals surface area (Å²) in [5, 5.41) is -2.15. The summed E-state index contributed by atoms with van der Waals surface area (Å²) >= 11 is 12.7. The van der Waals surface area contributed by atoms with Crippen molar-refractivity contribution in [3.8, 4) is 11.3 Å². The van der Waals surface area contributed by atoms with Crippen LogP contribution in [0, 0.1) is 11.8 Å². The molecule has 0 spiro atoms. The number of nitrogens with zero attached hydrogens (tertiary/aromatic N) is 1. The third-order valence-corrected chi connectivity index (χ3v) is 10.1. The van der Waals surface area contributed by atoms with Gasteiger partial charge in [-0.05, 0) is 62.5 Å². The van der Waals surface area contributed by atoms with E-state index in [4.69, 9.17) is 32.5 Å². The number of hydrogen-bond acceptors (Lipinski definition) is 6. The molecule has 0 amide bonds. The van der Waals surface area contributed by atoms with Crippen molar-refractivity contribution >= 4 is 33.3 Å². The largest absolute Gasteiger partial charge is 0.460 e. The fourth-order valence-corrected chi connectivity index (χ4v) is 7.43. The highest BCUT2D eigenvalue weighted by Crippen LogP contribution is 2.56. The van der Waals surface area contributed by atoms with Crippen molar-refractivity contribution in [1.82, 2.24) is 5.16 Å². The fraction of sp³-hybridized carbons (Fsp3) is 0.640. The topological polar surface area (TPSA) is 78.6 Å². The molecule has 3 aliphatic rings. The van der Waals surface area contributed by atoms with Gasteiger partial charge >= 0.3 is 33.4 Å². The lowest BCUT2D eigenvalue weighted by Gasteiger charge is -2.37. The van der Waals surface area contributed by atoms with Gasteiger partial charge in [0.05, 0.1) is 28.9 Å². The Morgan fingerprint density at radius 1 is 0.884 bits per heavy atom. The number of rotatable bonds is 10. The number of alkyl halides is 9. The molecule has 240 valence electrons. The Bertz CT molecular complexity index is 1450. The van der Waals surface area contributed by atoms with Crippen LogP contribution in [0.15, 0.2) is 22.7 Å². The zero-order chi connectivity index (χ0) is 31.8. The molecule has 6 nitrogen and oxygen atoms in total. The van der Waals surface area contributed by atoms with Crippen molar-refractivity contribution in [2.45, 2.75) is 86.5 Å². The van der Waals surface area contributed by atoms with Crippen molar-refractivity contribution in [3.63, 3.8) is 0 Å². The number of fused-ring (bicyclic) bond motifs is 2. The molecule has 18 heteroatoms. The third kappa shape index (κ3) is 5.52. The molecule has 2 unspecified atom stereocenters. The zero-order valence-corrected chi connectivity index (χ0v) is 24.0. The van der Waals surface area contributed by atoms with Gasteiger partial charge in [0.2, 0.25) is 0 Å². The van der Waals surface area contributed by atoms with Gasteiger partial charge in [-0.15, -0.1) is 0 Å². The van der Waals surface area contributed by atoms with Gasteiger partial charge in [-0.3, -0.25) is 4.18 Å². The Kier molecular flexibility index (Phi) is 8.31. The highest BCUT2D eigenvalue weighted by atomic mass is 35.5. The zero-order valence-electron chi connectivity index (χ0n) is 21.6. The summed E-state index contributed by atoms with van der Waals surface area (Å²) in [5.41, 5.74) is 1.33. The smallest absolute Gasteiger partial charge is 0.373 e. The number of ether oxygens (including phenoxy) is 1. The van der Waals surface area contributed by atoms with Crippen LogP contribution in [0.4, 0.5) is 39.5 Å². The molecule has 4 atom stereocenters. The van der Waals surface area contributed by atoms with Crippen molar-refractivity contribution in [2.75, 3.05) is 0 Å². The molecular formula is C25H22Cl2F9NO5S. The minimum Gasteiger partial charge on any atom is -0.373 e. The van der Waals surface area contributed by atoms with Gasteiger partial charge in [-0.1, -0.05) is 34.4 Å². The molecule has 0 saturated heterocycles. The van der Waals surface area contributed by atoms with E-state index in [-0.39, 0.29) is 38.2 Å². The van der Waals surface area contributed by atoms with E-state index < -0.39 is 57.4 Å². The molecule has 5 rings (SSSR count). The van der Waals surface area contributed by atoms with E-state index in [1.165, 1.54) is 0 Å².